The Bertz CT molecular complexity index is 3310. The summed E-state index contributed by atoms with van der Waals surface area (Å²) in [7, 11) is 0. The van der Waals surface area contributed by atoms with Gasteiger partial charge < -0.3 is 4.90 Å². The highest BCUT2D eigenvalue weighted by Crippen LogP contribution is 2.60. The SMILES string of the molecule is CC1(C)c2cc(-c3ccc4ccccc4c3)ccc2-c2ccc(N(c3ccc(-c4ccccc4)cc3)c3cccc4c3-c3ccccc3C4(c3ccccc3)c3ccccc3)cc21. The van der Waals surface area contributed by atoms with Gasteiger partial charge in [-0.2, -0.15) is 0 Å². The minimum Gasteiger partial charge on any atom is -0.310 e. The lowest BCUT2D eigenvalue weighted by atomic mass is 9.68. The van der Waals surface area contributed by atoms with Crippen molar-refractivity contribution in [2.45, 2.75) is 24.7 Å². The third-order valence-electron chi connectivity index (χ3n) is 13.9. The zero-order valence-electron chi connectivity index (χ0n) is 35.5. The molecule has 0 N–H and O–H groups in total. The monoisotopic (exact) mass is 803 g/mol. The highest BCUT2D eigenvalue weighted by atomic mass is 15.1. The molecular formula is C62H45N. The van der Waals surface area contributed by atoms with Gasteiger partial charge >= 0.3 is 0 Å². The lowest BCUT2D eigenvalue weighted by molar-refractivity contribution is 0.660. The van der Waals surface area contributed by atoms with Crippen LogP contribution in [0.4, 0.5) is 17.1 Å². The summed E-state index contributed by atoms with van der Waals surface area (Å²) in [5, 5.41) is 2.53. The van der Waals surface area contributed by atoms with E-state index in [1.54, 1.807) is 0 Å². The number of rotatable bonds is 7. The van der Waals surface area contributed by atoms with Crippen LogP contribution in [0.2, 0.25) is 0 Å². The molecule has 63 heavy (non-hydrogen) atoms. The first-order chi connectivity index (χ1) is 31.0. The molecule has 10 aromatic rings. The fraction of sp³-hybridized carbons (Fsp3) is 0.0645. The molecule has 0 bridgehead atoms. The van der Waals surface area contributed by atoms with Crippen LogP contribution in [0.25, 0.3) is 55.3 Å². The second-order valence-electron chi connectivity index (χ2n) is 17.7. The minimum atomic E-state index is -0.502. The van der Waals surface area contributed by atoms with Crippen LogP contribution in [0.1, 0.15) is 47.2 Å². The molecule has 0 spiro atoms. The average Bonchev–Trinajstić information content (AvgIpc) is 3.78. The van der Waals surface area contributed by atoms with Gasteiger partial charge in [0, 0.05) is 22.4 Å². The molecule has 0 unspecified atom stereocenters. The van der Waals surface area contributed by atoms with Crippen molar-refractivity contribution in [2.75, 3.05) is 4.90 Å². The molecule has 10 aromatic carbocycles. The Morgan fingerprint density at radius 1 is 0.317 bits per heavy atom. The molecule has 0 fully saturated rings. The Morgan fingerprint density at radius 3 is 1.57 bits per heavy atom. The fourth-order valence-corrected chi connectivity index (χ4v) is 10.9. The number of anilines is 3. The van der Waals surface area contributed by atoms with E-state index in [1.165, 1.54) is 88.7 Å². The van der Waals surface area contributed by atoms with E-state index < -0.39 is 5.41 Å². The van der Waals surface area contributed by atoms with Crippen molar-refractivity contribution in [3.05, 3.63) is 270 Å². The van der Waals surface area contributed by atoms with Crippen LogP contribution in [0.5, 0.6) is 0 Å². The summed E-state index contributed by atoms with van der Waals surface area (Å²) >= 11 is 0. The maximum atomic E-state index is 2.51. The zero-order valence-corrected chi connectivity index (χ0v) is 35.5. The molecule has 0 atom stereocenters. The first-order valence-electron chi connectivity index (χ1n) is 22.1. The van der Waals surface area contributed by atoms with Gasteiger partial charge in [0.1, 0.15) is 0 Å². The van der Waals surface area contributed by atoms with Crippen molar-refractivity contribution in [1.29, 1.82) is 0 Å². The molecule has 0 saturated carbocycles. The first-order valence-corrected chi connectivity index (χ1v) is 22.1. The number of nitrogens with zero attached hydrogens (tertiary/aromatic N) is 1. The summed E-state index contributed by atoms with van der Waals surface area (Å²) in [6, 6.07) is 87.8. The third kappa shape index (κ3) is 5.70. The average molecular weight is 804 g/mol. The number of benzene rings is 10. The molecule has 1 heteroatoms. The predicted octanol–water partition coefficient (Wildman–Crippen LogP) is 16.3. The molecule has 0 amide bonds. The molecule has 2 aliphatic carbocycles. The van der Waals surface area contributed by atoms with E-state index in [4.69, 9.17) is 0 Å². The molecule has 12 rings (SSSR count). The Kier molecular flexibility index (Phi) is 8.49. The molecule has 1 nitrogen and oxygen atoms in total. The molecule has 0 aliphatic heterocycles. The van der Waals surface area contributed by atoms with Gasteiger partial charge in [-0.3, -0.25) is 0 Å². The highest BCUT2D eigenvalue weighted by molar-refractivity contribution is 5.98. The second kappa shape index (κ2) is 14.4. The Morgan fingerprint density at radius 2 is 0.841 bits per heavy atom. The quantitative estimate of drug-likeness (QED) is 0.155. The van der Waals surface area contributed by atoms with E-state index in [9.17, 15) is 0 Å². The second-order valence-corrected chi connectivity index (χ2v) is 17.7. The largest absolute Gasteiger partial charge is 0.310 e. The van der Waals surface area contributed by atoms with Crippen LogP contribution in [0.15, 0.2) is 237 Å². The van der Waals surface area contributed by atoms with Crippen molar-refractivity contribution in [1.82, 2.24) is 0 Å². The van der Waals surface area contributed by atoms with Gasteiger partial charge in [0.05, 0.1) is 11.1 Å². The maximum Gasteiger partial charge on any atom is 0.0714 e. The molecule has 0 radical (unpaired) electrons. The number of hydrogen-bond acceptors (Lipinski definition) is 1. The smallest absolute Gasteiger partial charge is 0.0714 e. The normalized spacial score (nSPS) is 13.8. The lowest BCUT2D eigenvalue weighted by Gasteiger charge is -2.34. The molecule has 0 aromatic heterocycles. The van der Waals surface area contributed by atoms with E-state index in [1.807, 2.05) is 0 Å². The molecule has 2 aliphatic rings. The summed E-state index contributed by atoms with van der Waals surface area (Å²) in [4.78, 5) is 2.51. The van der Waals surface area contributed by atoms with E-state index in [2.05, 4.69) is 255 Å². The van der Waals surface area contributed by atoms with E-state index in [0.717, 1.165) is 17.1 Å². The standard InChI is InChI=1S/C62H45N/c1-61(2)57-40-47(46-30-29-43-19-12-13-20-45(43)39-46)33-37-52(57)53-38-36-51(41-58(53)61)63(50-34-31-44(32-35-50)42-17-6-3-7-18-42)59-28-16-27-56-60(59)54-25-14-15-26-55(54)62(56,48-21-8-4-9-22-48)49-23-10-5-11-24-49/h3-41H,1-2H3. The highest BCUT2D eigenvalue weighted by Gasteiger charge is 2.47. The first kappa shape index (κ1) is 37.1. The van der Waals surface area contributed by atoms with Crippen molar-refractivity contribution in [2.24, 2.45) is 0 Å². The van der Waals surface area contributed by atoms with Crippen molar-refractivity contribution in [3.8, 4) is 44.5 Å². The van der Waals surface area contributed by atoms with Gasteiger partial charge in [-0.25, -0.2) is 0 Å². The van der Waals surface area contributed by atoms with E-state index >= 15 is 0 Å². The van der Waals surface area contributed by atoms with Crippen molar-refractivity contribution < 1.29 is 0 Å². The van der Waals surface area contributed by atoms with Crippen molar-refractivity contribution >= 4 is 27.8 Å². The summed E-state index contributed by atoms with van der Waals surface area (Å²) in [5.41, 5.74) is 20.6. The van der Waals surface area contributed by atoms with E-state index in [-0.39, 0.29) is 5.41 Å². The number of fused-ring (bicyclic) bond motifs is 7. The Hall–Kier alpha value is -7.74. The fourth-order valence-electron chi connectivity index (χ4n) is 10.9. The minimum absolute atomic E-state index is 0.225. The van der Waals surface area contributed by atoms with Gasteiger partial charge in [-0.05, 0) is 126 Å². The summed E-state index contributed by atoms with van der Waals surface area (Å²) in [6.45, 7) is 4.80. The third-order valence-corrected chi connectivity index (χ3v) is 13.9. The molecule has 0 heterocycles. The Balaban J connectivity index is 1.06. The van der Waals surface area contributed by atoms with Crippen LogP contribution in [-0.2, 0) is 10.8 Å². The summed E-state index contributed by atoms with van der Waals surface area (Å²) in [6.07, 6.45) is 0. The summed E-state index contributed by atoms with van der Waals surface area (Å²) < 4.78 is 0. The van der Waals surface area contributed by atoms with E-state index in [0.29, 0.717) is 0 Å². The Labute approximate surface area is 370 Å². The van der Waals surface area contributed by atoms with Crippen LogP contribution < -0.4 is 4.90 Å². The van der Waals surface area contributed by atoms with Crippen LogP contribution in [0.3, 0.4) is 0 Å². The zero-order chi connectivity index (χ0) is 42.1. The molecule has 298 valence electrons. The predicted molar refractivity (Wildman–Crippen MR) is 264 cm³/mol. The van der Waals surface area contributed by atoms with Crippen LogP contribution in [-0.4, -0.2) is 0 Å². The van der Waals surface area contributed by atoms with Gasteiger partial charge in [-0.15, -0.1) is 0 Å². The number of hydrogen-bond donors (Lipinski definition) is 0. The molecule has 0 saturated heterocycles. The molecular weight excluding hydrogens is 759 g/mol. The van der Waals surface area contributed by atoms with Gasteiger partial charge in [0.2, 0.25) is 0 Å². The van der Waals surface area contributed by atoms with Crippen LogP contribution in [0, 0.1) is 0 Å². The van der Waals surface area contributed by atoms with Crippen molar-refractivity contribution in [3.63, 3.8) is 0 Å². The summed E-state index contributed by atoms with van der Waals surface area (Å²) in [5.74, 6) is 0. The van der Waals surface area contributed by atoms with Gasteiger partial charge in [0.15, 0.2) is 0 Å². The van der Waals surface area contributed by atoms with Gasteiger partial charge in [0.25, 0.3) is 0 Å². The topological polar surface area (TPSA) is 3.24 Å². The lowest BCUT2D eigenvalue weighted by Crippen LogP contribution is -2.28. The van der Waals surface area contributed by atoms with Gasteiger partial charge in [-0.1, -0.05) is 208 Å². The maximum absolute atomic E-state index is 2.51. The van der Waals surface area contributed by atoms with Crippen LogP contribution >= 0.6 is 0 Å².